The molecule has 0 aromatic heterocycles. The molecule has 0 aliphatic carbocycles. The zero-order valence-electron chi connectivity index (χ0n) is 10.6. The van der Waals surface area contributed by atoms with Crippen molar-refractivity contribution in [3.63, 3.8) is 0 Å². The van der Waals surface area contributed by atoms with Crippen LogP contribution in [-0.2, 0) is 10.2 Å². The molecule has 0 aromatic carbocycles. The number of nitrogens with two attached hydrogens (primary N) is 1. The molecule has 8 heteroatoms. The monoisotopic (exact) mass is 266 g/mol. The van der Waals surface area contributed by atoms with Gasteiger partial charge < -0.3 is 10.9 Å². The average molecular weight is 266 g/mol. The lowest BCUT2D eigenvalue weighted by Crippen LogP contribution is -2.47. The number of nitrogens with zero attached hydrogens (tertiary/aromatic N) is 3. The Labute approximate surface area is 103 Å². The van der Waals surface area contributed by atoms with Crippen molar-refractivity contribution in [2.24, 2.45) is 10.9 Å². The van der Waals surface area contributed by atoms with Crippen LogP contribution < -0.4 is 5.73 Å². The molecule has 0 amide bonds. The number of amidine groups is 1. The fourth-order valence-corrected chi connectivity index (χ4v) is 3.14. The van der Waals surface area contributed by atoms with E-state index in [4.69, 9.17) is 10.9 Å². The average Bonchev–Trinajstić information content (AvgIpc) is 2.29. The van der Waals surface area contributed by atoms with E-state index < -0.39 is 10.2 Å². The van der Waals surface area contributed by atoms with Crippen molar-refractivity contribution in [1.82, 2.24) is 8.61 Å². The molecule has 0 bridgehead atoms. The molecular formula is C9H22N4O3S. The Morgan fingerprint density at radius 2 is 1.76 bits per heavy atom. The van der Waals surface area contributed by atoms with Crippen LogP contribution in [0.25, 0.3) is 0 Å². The van der Waals surface area contributed by atoms with Gasteiger partial charge in [0.25, 0.3) is 10.2 Å². The van der Waals surface area contributed by atoms with Crippen molar-refractivity contribution in [3.8, 4) is 0 Å². The van der Waals surface area contributed by atoms with Crippen molar-refractivity contribution in [3.05, 3.63) is 0 Å². The van der Waals surface area contributed by atoms with Crippen molar-refractivity contribution in [2.45, 2.75) is 27.2 Å². The summed E-state index contributed by atoms with van der Waals surface area (Å²) in [5.74, 6) is -0.116. The smallest absolute Gasteiger partial charge is 0.282 e. The van der Waals surface area contributed by atoms with Gasteiger partial charge in [0.2, 0.25) is 0 Å². The third-order valence-corrected chi connectivity index (χ3v) is 4.43. The first-order valence-corrected chi connectivity index (χ1v) is 7.05. The van der Waals surface area contributed by atoms with Crippen LogP contribution in [-0.4, -0.2) is 54.3 Å². The van der Waals surface area contributed by atoms with Crippen LogP contribution >= 0.6 is 0 Å². The summed E-state index contributed by atoms with van der Waals surface area (Å²) < 4.78 is 26.9. The molecule has 0 spiro atoms. The Hall–Kier alpha value is -0.860. The lowest BCUT2D eigenvalue weighted by Gasteiger charge is -2.27. The fourth-order valence-electron chi connectivity index (χ4n) is 1.45. The SMILES string of the molecule is CCCN(CC(N)=NO)S(=O)(=O)N(CC)CC. The standard InChI is InChI=1S/C9H22N4O3S/c1-4-7-13(8-9(10)11-14)17(15,16)12(5-2)6-3/h14H,4-8H2,1-3H3,(H2,10,11). The van der Waals surface area contributed by atoms with Gasteiger partial charge in [-0.2, -0.15) is 17.0 Å². The van der Waals surface area contributed by atoms with Gasteiger partial charge in [-0.25, -0.2) is 0 Å². The highest BCUT2D eigenvalue weighted by molar-refractivity contribution is 7.86. The summed E-state index contributed by atoms with van der Waals surface area (Å²) in [6.45, 7) is 6.46. The third-order valence-electron chi connectivity index (χ3n) is 2.30. The largest absolute Gasteiger partial charge is 0.409 e. The van der Waals surface area contributed by atoms with Crippen molar-refractivity contribution < 1.29 is 13.6 Å². The summed E-state index contributed by atoms with van der Waals surface area (Å²) in [6.07, 6.45) is 0.666. The summed E-state index contributed by atoms with van der Waals surface area (Å²) >= 11 is 0. The molecule has 0 rings (SSSR count). The zero-order chi connectivity index (χ0) is 13.5. The third kappa shape index (κ3) is 4.49. The lowest BCUT2D eigenvalue weighted by atomic mass is 10.4. The Morgan fingerprint density at radius 3 is 2.12 bits per heavy atom. The topological polar surface area (TPSA) is 99.2 Å². The molecule has 0 fully saturated rings. The maximum atomic E-state index is 12.2. The van der Waals surface area contributed by atoms with Crippen LogP contribution in [0.15, 0.2) is 5.16 Å². The second-order valence-electron chi connectivity index (χ2n) is 3.52. The van der Waals surface area contributed by atoms with Gasteiger partial charge in [-0.1, -0.05) is 25.9 Å². The summed E-state index contributed by atoms with van der Waals surface area (Å²) in [6, 6.07) is 0. The molecule has 0 aliphatic heterocycles. The summed E-state index contributed by atoms with van der Waals surface area (Å²) in [5, 5.41) is 11.3. The number of hydrogen-bond acceptors (Lipinski definition) is 4. The van der Waals surface area contributed by atoms with Gasteiger partial charge in [-0.3, -0.25) is 0 Å². The summed E-state index contributed by atoms with van der Waals surface area (Å²) in [7, 11) is -3.54. The summed E-state index contributed by atoms with van der Waals surface area (Å²) in [4.78, 5) is 0. The first-order chi connectivity index (χ1) is 7.93. The molecule has 0 unspecified atom stereocenters. The fraction of sp³-hybridized carbons (Fsp3) is 0.889. The molecule has 0 atom stereocenters. The van der Waals surface area contributed by atoms with Crippen LogP contribution in [0.5, 0.6) is 0 Å². The zero-order valence-corrected chi connectivity index (χ0v) is 11.4. The van der Waals surface area contributed by atoms with Gasteiger partial charge in [0.15, 0.2) is 5.84 Å². The Kier molecular flexibility index (Phi) is 7.09. The highest BCUT2D eigenvalue weighted by Gasteiger charge is 2.27. The van der Waals surface area contributed by atoms with Gasteiger partial charge in [0.1, 0.15) is 0 Å². The van der Waals surface area contributed by atoms with Gasteiger partial charge in [0.05, 0.1) is 6.54 Å². The van der Waals surface area contributed by atoms with Gasteiger partial charge in [-0.05, 0) is 6.42 Å². The second-order valence-corrected chi connectivity index (χ2v) is 5.45. The molecule has 0 aliphatic rings. The number of rotatable bonds is 8. The molecule has 0 saturated heterocycles. The molecule has 0 radical (unpaired) electrons. The van der Waals surface area contributed by atoms with E-state index in [0.717, 1.165) is 0 Å². The second kappa shape index (κ2) is 7.46. The van der Waals surface area contributed by atoms with E-state index in [1.807, 2.05) is 6.92 Å². The van der Waals surface area contributed by atoms with Crippen molar-refractivity contribution in [2.75, 3.05) is 26.2 Å². The van der Waals surface area contributed by atoms with Gasteiger partial charge >= 0.3 is 0 Å². The summed E-state index contributed by atoms with van der Waals surface area (Å²) in [5.41, 5.74) is 5.36. The van der Waals surface area contributed by atoms with Crippen LogP contribution in [0.3, 0.4) is 0 Å². The molecule has 3 N–H and O–H groups in total. The normalized spacial score (nSPS) is 13.6. The van der Waals surface area contributed by atoms with Crippen LogP contribution in [0, 0.1) is 0 Å². The maximum absolute atomic E-state index is 12.2. The first-order valence-electron chi connectivity index (χ1n) is 5.65. The van der Waals surface area contributed by atoms with E-state index in [9.17, 15) is 8.42 Å². The Balaban J connectivity index is 5.03. The van der Waals surface area contributed by atoms with Crippen molar-refractivity contribution in [1.29, 1.82) is 0 Å². The van der Waals surface area contributed by atoms with E-state index in [-0.39, 0.29) is 12.4 Å². The quantitative estimate of drug-likeness (QED) is 0.280. The Morgan fingerprint density at radius 1 is 1.24 bits per heavy atom. The maximum Gasteiger partial charge on any atom is 0.282 e. The van der Waals surface area contributed by atoms with Crippen molar-refractivity contribution >= 4 is 16.0 Å². The minimum absolute atomic E-state index is 0.0941. The van der Waals surface area contributed by atoms with Crippen LogP contribution in [0.2, 0.25) is 0 Å². The minimum Gasteiger partial charge on any atom is -0.409 e. The highest BCUT2D eigenvalue weighted by atomic mass is 32.2. The highest BCUT2D eigenvalue weighted by Crippen LogP contribution is 2.08. The molecule has 102 valence electrons. The minimum atomic E-state index is -3.54. The van der Waals surface area contributed by atoms with E-state index in [2.05, 4.69) is 5.16 Å². The predicted octanol–water partition coefficient (Wildman–Crippen LogP) is 0.0314. The first kappa shape index (κ1) is 16.1. The number of hydrogen-bond donors (Lipinski definition) is 2. The van der Waals surface area contributed by atoms with E-state index in [1.165, 1.54) is 8.61 Å². The molecule has 0 aromatic rings. The van der Waals surface area contributed by atoms with E-state index in [1.54, 1.807) is 13.8 Å². The van der Waals surface area contributed by atoms with E-state index >= 15 is 0 Å². The van der Waals surface area contributed by atoms with Gasteiger partial charge in [0, 0.05) is 19.6 Å². The molecule has 17 heavy (non-hydrogen) atoms. The van der Waals surface area contributed by atoms with Gasteiger partial charge in [-0.15, -0.1) is 0 Å². The molecule has 7 nitrogen and oxygen atoms in total. The number of oxime groups is 1. The molecular weight excluding hydrogens is 244 g/mol. The molecule has 0 saturated carbocycles. The van der Waals surface area contributed by atoms with E-state index in [0.29, 0.717) is 26.1 Å². The lowest BCUT2D eigenvalue weighted by molar-refractivity contribution is 0.312. The molecule has 0 heterocycles. The van der Waals surface area contributed by atoms with Crippen LogP contribution in [0.4, 0.5) is 0 Å². The Bertz CT molecular complexity index is 338. The van der Waals surface area contributed by atoms with Crippen LogP contribution in [0.1, 0.15) is 27.2 Å². The predicted molar refractivity (Wildman–Crippen MR) is 67.1 cm³/mol.